The van der Waals surface area contributed by atoms with Crippen molar-refractivity contribution < 1.29 is 62.3 Å². The van der Waals surface area contributed by atoms with E-state index >= 15 is 0 Å². The van der Waals surface area contributed by atoms with Crippen molar-refractivity contribution in [3.8, 4) is 0 Å². The maximum Gasteiger partial charge on any atom is 0.509 e. The van der Waals surface area contributed by atoms with Crippen LogP contribution in [0.5, 0.6) is 0 Å². The number of hydrogen-bond acceptors (Lipinski definition) is 15. The van der Waals surface area contributed by atoms with Gasteiger partial charge in [-0.2, -0.15) is 0 Å². The van der Waals surface area contributed by atoms with E-state index < -0.39 is 95.7 Å². The number of carbonyl (C=O) groups is 4. The van der Waals surface area contributed by atoms with Gasteiger partial charge >= 0.3 is 24.1 Å². The second kappa shape index (κ2) is 16.7. The van der Waals surface area contributed by atoms with Gasteiger partial charge in [-0.15, -0.1) is 0 Å². The Morgan fingerprint density at radius 1 is 1.02 bits per heavy atom. The lowest BCUT2D eigenvalue weighted by Crippen LogP contribution is -2.61. The molecule has 0 aromatic heterocycles. The third-order valence-electron chi connectivity index (χ3n) is 10.6. The van der Waals surface area contributed by atoms with Crippen LogP contribution in [0, 0.1) is 23.7 Å². The van der Waals surface area contributed by atoms with Crippen molar-refractivity contribution in [2.24, 2.45) is 28.8 Å². The summed E-state index contributed by atoms with van der Waals surface area (Å²) < 4.78 is 42.5. The molecule has 0 saturated carbocycles. The van der Waals surface area contributed by atoms with Crippen LogP contribution in [-0.4, -0.2) is 121 Å². The zero-order valence-electron chi connectivity index (χ0n) is 31.8. The van der Waals surface area contributed by atoms with Crippen molar-refractivity contribution in [3.63, 3.8) is 0 Å². The number of hydrogen-bond donors (Lipinski definition) is 1. The number of esters is 2. The molecule has 3 rings (SSSR count). The van der Waals surface area contributed by atoms with Crippen LogP contribution in [0.4, 0.5) is 4.79 Å². The number of oxime groups is 1. The second-order valence-corrected chi connectivity index (χ2v) is 14.8. The summed E-state index contributed by atoms with van der Waals surface area (Å²) in [4.78, 5) is 57.9. The van der Waals surface area contributed by atoms with Crippen LogP contribution >= 0.6 is 0 Å². The Kier molecular flexibility index (Phi) is 13.8. The third-order valence-corrected chi connectivity index (χ3v) is 10.6. The van der Waals surface area contributed by atoms with E-state index in [1.54, 1.807) is 41.5 Å². The van der Waals surface area contributed by atoms with Gasteiger partial charge in [-0.25, -0.2) is 9.59 Å². The van der Waals surface area contributed by atoms with Gasteiger partial charge in [-0.1, -0.05) is 32.9 Å². The molecule has 50 heavy (non-hydrogen) atoms. The van der Waals surface area contributed by atoms with Crippen LogP contribution in [0.2, 0.25) is 0 Å². The Balaban J connectivity index is 2.22. The predicted molar refractivity (Wildman–Crippen MR) is 179 cm³/mol. The third kappa shape index (κ3) is 8.95. The van der Waals surface area contributed by atoms with E-state index in [1.165, 1.54) is 21.0 Å². The summed E-state index contributed by atoms with van der Waals surface area (Å²) in [5, 5.41) is 16.1. The van der Waals surface area contributed by atoms with Crippen molar-refractivity contribution in [3.05, 3.63) is 0 Å². The summed E-state index contributed by atoms with van der Waals surface area (Å²) in [7, 11) is 5.26. The van der Waals surface area contributed by atoms with Crippen LogP contribution in [0.15, 0.2) is 5.16 Å². The van der Waals surface area contributed by atoms with E-state index in [-0.39, 0.29) is 25.0 Å². The van der Waals surface area contributed by atoms with Crippen LogP contribution in [-0.2, 0) is 52.4 Å². The number of carbonyl (C=O) groups excluding carboxylic acids is 4. The number of likely N-dealkylation sites (N-methyl/N-ethyl adjacent to an activating group) is 1. The van der Waals surface area contributed by atoms with Crippen molar-refractivity contribution in [1.82, 2.24) is 4.90 Å². The van der Waals surface area contributed by atoms with Crippen molar-refractivity contribution in [1.29, 1.82) is 0 Å². The molecule has 286 valence electrons. The topological polar surface area (TPSA) is 178 Å². The zero-order valence-corrected chi connectivity index (χ0v) is 31.8. The molecule has 15 heteroatoms. The highest BCUT2D eigenvalue weighted by Crippen LogP contribution is 2.42. The van der Waals surface area contributed by atoms with Crippen LogP contribution in [0.3, 0.4) is 0 Å². The molecule has 3 fully saturated rings. The molecule has 1 N–H and O–H groups in total. The first-order valence-corrected chi connectivity index (χ1v) is 17.4. The fourth-order valence-electron chi connectivity index (χ4n) is 7.80. The fraction of sp³-hybridized carbons (Fsp3) is 0.857. The van der Waals surface area contributed by atoms with E-state index in [9.17, 15) is 24.3 Å². The first kappa shape index (κ1) is 41.6. The maximum absolute atomic E-state index is 13.8. The number of cyclic esters (lactones) is 1. The average molecular weight is 715 g/mol. The summed E-state index contributed by atoms with van der Waals surface area (Å²) in [5.74, 6) is -4.96. The second-order valence-electron chi connectivity index (χ2n) is 14.8. The molecule has 14 atom stereocenters. The van der Waals surface area contributed by atoms with Gasteiger partial charge in [0.25, 0.3) is 0 Å². The lowest BCUT2D eigenvalue weighted by molar-refractivity contribution is -0.303. The van der Waals surface area contributed by atoms with Crippen molar-refractivity contribution in [2.75, 3.05) is 21.2 Å². The van der Waals surface area contributed by atoms with Gasteiger partial charge in [0.1, 0.15) is 6.10 Å². The summed E-state index contributed by atoms with van der Waals surface area (Å²) in [6, 6.07) is -0.257. The van der Waals surface area contributed by atoms with E-state index in [1.807, 2.05) is 32.8 Å². The summed E-state index contributed by atoms with van der Waals surface area (Å²) in [6.07, 6.45) is -6.41. The zero-order chi connectivity index (χ0) is 37.9. The first-order chi connectivity index (χ1) is 23.2. The molecular weight excluding hydrogens is 656 g/mol. The van der Waals surface area contributed by atoms with E-state index in [2.05, 4.69) is 5.16 Å². The standard InChI is InChI=1S/C35H58N2O13/c1-14-25-35(10)30(48-33(42)49-35)19(4)26(36-50-23(8)39)17(2)16-34(9,43-13)29(20(5)27(40)21(6)31(41)46-25)47-32-28(45-22(7)38)24(37(11)12)15-18(3)44-32/h17-21,24-25,27-30,32,40H,14-16H2,1-13H3/b36-26+/t17-,18-,19+,20+,21-,24+,25-,27+,28-,29-,30-,32+,34-,35-/m1/s1. The lowest BCUT2D eigenvalue weighted by Gasteiger charge is -2.48. The summed E-state index contributed by atoms with van der Waals surface area (Å²) in [5.41, 5.74) is -2.33. The molecule has 0 aromatic carbocycles. The van der Waals surface area contributed by atoms with E-state index in [4.69, 9.17) is 38.0 Å². The Labute approximate surface area is 295 Å². The molecule has 15 nitrogen and oxygen atoms in total. The van der Waals surface area contributed by atoms with Gasteiger partial charge in [0.2, 0.25) is 0 Å². The van der Waals surface area contributed by atoms with Gasteiger partial charge in [-0.05, 0) is 61.1 Å². The number of rotatable bonds is 7. The maximum atomic E-state index is 13.8. The molecule has 3 aliphatic rings. The van der Waals surface area contributed by atoms with Crippen LogP contribution in [0.1, 0.15) is 88.5 Å². The van der Waals surface area contributed by atoms with Crippen molar-refractivity contribution in [2.45, 2.75) is 149 Å². The predicted octanol–water partition coefficient (Wildman–Crippen LogP) is 3.62. The van der Waals surface area contributed by atoms with Gasteiger partial charge in [-0.3, -0.25) is 9.59 Å². The van der Waals surface area contributed by atoms with Gasteiger partial charge in [0.05, 0.1) is 41.6 Å². The molecule has 3 heterocycles. The number of aliphatic hydroxyl groups excluding tert-OH is 1. The summed E-state index contributed by atoms with van der Waals surface area (Å²) >= 11 is 0. The molecular formula is C35H58N2O13. The smallest absolute Gasteiger partial charge is 0.458 e. The van der Waals surface area contributed by atoms with Crippen LogP contribution < -0.4 is 0 Å². The lowest BCUT2D eigenvalue weighted by atomic mass is 9.73. The molecule has 0 bridgehead atoms. The molecule has 0 amide bonds. The Bertz CT molecular complexity index is 1260. The number of ether oxygens (including phenoxy) is 7. The normalized spacial score (nSPS) is 42.5. The SMILES string of the molecule is CC[C@H]1OC(=O)[C@H](C)[C@@H](O)[C@H](C)[C@@H](O[C@@H]2O[C@H](C)C[C@H](N(C)C)[C@H]2OC(C)=O)[C@](C)(OC)C[C@@H](C)/C(=N\OC(C)=O)[C@H](C)[C@H]2OC(=O)O[C@@]21C. The fourth-order valence-corrected chi connectivity index (χ4v) is 7.80. The minimum atomic E-state index is -1.45. The quantitative estimate of drug-likeness (QED) is 0.175. The molecule has 0 spiro atoms. The molecule has 3 aliphatic heterocycles. The van der Waals surface area contributed by atoms with Gasteiger partial charge < -0.3 is 48.0 Å². The highest BCUT2D eigenvalue weighted by molar-refractivity contribution is 5.90. The number of fused-ring (bicyclic) bond motifs is 1. The number of methoxy groups -OCH3 is 1. The Morgan fingerprint density at radius 2 is 1.66 bits per heavy atom. The molecule has 0 aliphatic carbocycles. The van der Waals surface area contributed by atoms with E-state index in [0.717, 1.165) is 0 Å². The highest BCUT2D eigenvalue weighted by atomic mass is 16.8. The Morgan fingerprint density at radius 3 is 2.20 bits per heavy atom. The number of aliphatic hydroxyl groups is 1. The minimum absolute atomic E-state index is 0.182. The first-order valence-electron chi connectivity index (χ1n) is 17.4. The van der Waals surface area contributed by atoms with Crippen LogP contribution in [0.25, 0.3) is 0 Å². The number of nitrogens with zero attached hydrogens (tertiary/aromatic N) is 2. The molecule has 0 unspecified atom stereocenters. The molecule has 0 aromatic rings. The van der Waals surface area contributed by atoms with Gasteiger partial charge in [0, 0.05) is 38.7 Å². The van der Waals surface area contributed by atoms with E-state index in [0.29, 0.717) is 12.1 Å². The molecule has 0 radical (unpaired) electrons. The average Bonchev–Trinajstić information content (AvgIpc) is 3.35. The van der Waals surface area contributed by atoms with Crippen molar-refractivity contribution >= 4 is 29.8 Å². The largest absolute Gasteiger partial charge is 0.509 e. The monoisotopic (exact) mass is 714 g/mol. The van der Waals surface area contributed by atoms with Gasteiger partial charge in [0.15, 0.2) is 24.1 Å². The summed E-state index contributed by atoms with van der Waals surface area (Å²) in [6.45, 7) is 16.5. The highest BCUT2D eigenvalue weighted by Gasteiger charge is 2.59. The molecule has 3 saturated heterocycles. The Hall–Kier alpha value is -2.85. The minimum Gasteiger partial charge on any atom is -0.458 e.